The fourth-order valence-corrected chi connectivity index (χ4v) is 2.39. The van der Waals surface area contributed by atoms with E-state index in [0.29, 0.717) is 18.2 Å². The van der Waals surface area contributed by atoms with Crippen molar-refractivity contribution >= 4 is 22.4 Å². The molecule has 6 heteroatoms. The summed E-state index contributed by atoms with van der Waals surface area (Å²) < 4.78 is 15.3. The molecule has 2 N–H and O–H groups in total. The first-order valence-corrected chi connectivity index (χ1v) is 7.16. The van der Waals surface area contributed by atoms with Crippen LogP contribution in [0, 0.1) is 5.92 Å². The van der Waals surface area contributed by atoms with Gasteiger partial charge >= 0.3 is 0 Å². The minimum Gasteiger partial charge on any atom is -0.487 e. The summed E-state index contributed by atoms with van der Waals surface area (Å²) in [5, 5.41) is 0.976. The van der Waals surface area contributed by atoms with Crippen LogP contribution < -0.4 is 15.4 Å². The van der Waals surface area contributed by atoms with Crippen molar-refractivity contribution in [3.63, 3.8) is 0 Å². The van der Waals surface area contributed by atoms with Crippen LogP contribution in [0.2, 0.25) is 0 Å². The number of aromatic nitrogens is 1. The lowest BCUT2D eigenvalue weighted by atomic mass is 10.4. The largest absolute Gasteiger partial charge is 0.487 e. The Kier molecular flexibility index (Phi) is 4.66. The molecule has 0 saturated heterocycles. The average molecular weight is 271 g/mol. The van der Waals surface area contributed by atoms with E-state index >= 15 is 0 Å². The predicted octanol–water partition coefficient (Wildman–Crippen LogP) is 1.99. The summed E-state index contributed by atoms with van der Waals surface area (Å²) in [5.41, 5.74) is 5.78. The number of nitrogens with two attached hydrogens (primary N) is 1. The van der Waals surface area contributed by atoms with E-state index in [9.17, 15) is 0 Å². The molecule has 0 spiro atoms. The molecular weight excluding hydrogens is 250 g/mol. The van der Waals surface area contributed by atoms with Gasteiger partial charge in [-0.05, 0) is 37.2 Å². The van der Waals surface area contributed by atoms with Crippen molar-refractivity contribution in [3.05, 3.63) is 0 Å². The molecule has 0 radical (unpaired) electrons. The number of likely N-dealkylation sites (N-methyl/N-ethyl adjacent to an activating group) is 1. The molecule has 1 aliphatic rings. The topological polar surface area (TPSA) is 60.6 Å². The van der Waals surface area contributed by atoms with Gasteiger partial charge in [-0.3, -0.25) is 0 Å². The van der Waals surface area contributed by atoms with E-state index in [4.69, 9.17) is 15.2 Å². The summed E-state index contributed by atoms with van der Waals surface area (Å²) >= 11 is 1.37. The zero-order valence-corrected chi connectivity index (χ0v) is 11.8. The molecule has 0 amide bonds. The van der Waals surface area contributed by atoms with E-state index < -0.39 is 0 Å². The fourth-order valence-electron chi connectivity index (χ4n) is 1.65. The molecule has 0 aromatic carbocycles. The number of nitrogen functional groups attached to an aromatic ring is 1. The third-order valence-electron chi connectivity index (χ3n) is 2.91. The number of rotatable bonds is 8. The van der Waals surface area contributed by atoms with Crippen molar-refractivity contribution in [2.75, 3.05) is 44.0 Å². The second-order valence-electron chi connectivity index (χ2n) is 4.57. The Bertz CT molecular complexity index is 379. The number of nitrogens with zero attached hydrogens (tertiary/aromatic N) is 2. The van der Waals surface area contributed by atoms with E-state index in [0.717, 1.165) is 30.7 Å². The molecule has 102 valence electrons. The zero-order valence-electron chi connectivity index (χ0n) is 11.0. The molecule has 1 aromatic heterocycles. The van der Waals surface area contributed by atoms with Crippen LogP contribution in [0.15, 0.2) is 0 Å². The van der Waals surface area contributed by atoms with Crippen molar-refractivity contribution in [3.8, 4) is 5.75 Å². The first kappa shape index (κ1) is 13.4. The maximum absolute atomic E-state index is 5.78. The van der Waals surface area contributed by atoms with Gasteiger partial charge in [0.15, 0.2) is 16.6 Å². The van der Waals surface area contributed by atoms with Crippen molar-refractivity contribution in [1.82, 2.24) is 4.37 Å². The molecule has 1 aromatic rings. The molecular formula is C12H21N3O2S. The van der Waals surface area contributed by atoms with Crippen molar-refractivity contribution < 1.29 is 9.47 Å². The smallest absolute Gasteiger partial charge is 0.197 e. The molecule has 0 aliphatic heterocycles. The van der Waals surface area contributed by atoms with E-state index in [1.54, 1.807) is 0 Å². The minimum atomic E-state index is 0.475. The zero-order chi connectivity index (χ0) is 13.0. The van der Waals surface area contributed by atoms with Crippen LogP contribution >= 0.6 is 11.5 Å². The minimum absolute atomic E-state index is 0.475. The summed E-state index contributed by atoms with van der Waals surface area (Å²) in [6.07, 6.45) is 2.66. The quantitative estimate of drug-likeness (QED) is 0.733. The van der Waals surface area contributed by atoms with Crippen LogP contribution in [0.4, 0.5) is 10.8 Å². The molecule has 18 heavy (non-hydrogen) atoms. The highest BCUT2D eigenvalue weighted by Gasteiger charge is 2.21. The van der Waals surface area contributed by atoms with Gasteiger partial charge in [-0.2, -0.15) is 4.37 Å². The van der Waals surface area contributed by atoms with Gasteiger partial charge in [0.1, 0.15) is 0 Å². The Morgan fingerprint density at radius 2 is 2.28 bits per heavy atom. The van der Waals surface area contributed by atoms with Crippen molar-refractivity contribution in [2.24, 2.45) is 5.92 Å². The van der Waals surface area contributed by atoms with E-state index in [-0.39, 0.29) is 0 Å². The number of anilines is 2. The van der Waals surface area contributed by atoms with Crippen molar-refractivity contribution in [2.45, 2.75) is 19.8 Å². The molecule has 0 bridgehead atoms. The van der Waals surface area contributed by atoms with E-state index in [1.807, 2.05) is 14.0 Å². The number of hydrogen-bond donors (Lipinski definition) is 1. The summed E-state index contributed by atoms with van der Waals surface area (Å²) in [4.78, 5) is 2.09. The second-order valence-corrected chi connectivity index (χ2v) is 5.33. The first-order chi connectivity index (χ1) is 8.72. The number of hydrogen-bond acceptors (Lipinski definition) is 6. The van der Waals surface area contributed by atoms with Gasteiger partial charge in [-0.15, -0.1) is 0 Å². The van der Waals surface area contributed by atoms with E-state index in [2.05, 4.69) is 9.27 Å². The Balaban J connectivity index is 1.80. The monoisotopic (exact) mass is 271 g/mol. The maximum Gasteiger partial charge on any atom is 0.197 e. The molecule has 1 saturated carbocycles. The fraction of sp³-hybridized carbons (Fsp3) is 0.750. The van der Waals surface area contributed by atoms with Gasteiger partial charge in [0, 0.05) is 20.2 Å². The number of ether oxygens (including phenoxy) is 2. The lowest BCUT2D eigenvalue weighted by Crippen LogP contribution is -2.22. The lowest BCUT2D eigenvalue weighted by Gasteiger charge is -2.18. The van der Waals surface area contributed by atoms with Gasteiger partial charge in [0.05, 0.1) is 13.2 Å². The highest BCUT2D eigenvalue weighted by molar-refractivity contribution is 7.11. The molecule has 0 unspecified atom stereocenters. The first-order valence-electron chi connectivity index (χ1n) is 6.39. The van der Waals surface area contributed by atoms with Gasteiger partial charge in [-0.25, -0.2) is 0 Å². The van der Waals surface area contributed by atoms with Crippen molar-refractivity contribution in [1.29, 1.82) is 0 Å². The molecule has 0 atom stereocenters. The summed E-state index contributed by atoms with van der Waals surface area (Å²) in [5.74, 6) is 1.99. The average Bonchev–Trinajstić information content (AvgIpc) is 3.11. The summed E-state index contributed by atoms with van der Waals surface area (Å²) in [6.45, 7) is 5.00. The van der Waals surface area contributed by atoms with Gasteiger partial charge < -0.3 is 20.1 Å². The van der Waals surface area contributed by atoms with Crippen LogP contribution in [-0.4, -0.2) is 37.8 Å². The Morgan fingerprint density at radius 1 is 1.50 bits per heavy atom. The Labute approximate surface area is 112 Å². The van der Waals surface area contributed by atoms with Crippen LogP contribution in [0.1, 0.15) is 19.8 Å². The highest BCUT2D eigenvalue weighted by Crippen LogP contribution is 2.37. The third kappa shape index (κ3) is 3.49. The summed E-state index contributed by atoms with van der Waals surface area (Å²) in [7, 11) is 2.01. The van der Waals surface area contributed by atoms with Gasteiger partial charge in [0.25, 0.3) is 0 Å². The van der Waals surface area contributed by atoms with Gasteiger partial charge in [-0.1, -0.05) is 0 Å². The van der Waals surface area contributed by atoms with Crippen LogP contribution in [0.3, 0.4) is 0 Å². The SMILES string of the molecule is CCOc1c(N)nsc1N(C)CCOCC1CC1. The Hall–Kier alpha value is -1.01. The normalized spacial score (nSPS) is 14.8. The molecule has 1 fully saturated rings. The van der Waals surface area contributed by atoms with Crippen LogP contribution in [0.25, 0.3) is 0 Å². The predicted molar refractivity (Wildman–Crippen MR) is 74.5 cm³/mol. The second kappa shape index (κ2) is 6.24. The highest BCUT2D eigenvalue weighted by atomic mass is 32.1. The summed E-state index contributed by atoms with van der Waals surface area (Å²) in [6, 6.07) is 0. The standard InChI is InChI=1S/C12H21N3O2S/c1-3-17-10-11(13)14-18-12(10)15(2)6-7-16-8-9-4-5-9/h9H,3-8H2,1-2H3,(H2,13,14). The lowest BCUT2D eigenvalue weighted by molar-refractivity contribution is 0.131. The maximum atomic E-state index is 5.78. The third-order valence-corrected chi connectivity index (χ3v) is 3.87. The molecule has 5 nitrogen and oxygen atoms in total. The Morgan fingerprint density at radius 3 is 2.94 bits per heavy atom. The molecule has 2 rings (SSSR count). The van der Waals surface area contributed by atoms with Gasteiger partial charge in [0.2, 0.25) is 0 Å². The molecule has 1 aliphatic carbocycles. The van der Waals surface area contributed by atoms with Crippen LogP contribution in [0.5, 0.6) is 5.75 Å². The van der Waals surface area contributed by atoms with Crippen LogP contribution in [-0.2, 0) is 4.74 Å². The van der Waals surface area contributed by atoms with E-state index in [1.165, 1.54) is 24.4 Å². The molecule has 1 heterocycles.